The molecule has 16 heavy (non-hydrogen) atoms. The van der Waals surface area contributed by atoms with Crippen LogP contribution in [0.1, 0.15) is 19.8 Å². The van der Waals surface area contributed by atoms with Crippen LogP contribution in [-0.4, -0.2) is 37.2 Å². The third-order valence-corrected chi connectivity index (χ3v) is 3.31. The monoisotopic (exact) mass is 223 g/mol. The smallest absolute Gasteiger partial charge is 0.254 e. The van der Waals surface area contributed by atoms with Gasteiger partial charge in [0.2, 0.25) is 0 Å². The maximum absolute atomic E-state index is 12.0. The van der Waals surface area contributed by atoms with Crippen molar-refractivity contribution in [2.75, 3.05) is 26.3 Å². The molecule has 1 N–H and O–H groups in total. The number of carbonyl (C=O) groups excluding carboxylic acids is 1. The van der Waals surface area contributed by atoms with Gasteiger partial charge in [-0.25, -0.2) is 5.01 Å². The molecule has 0 unspecified atom stereocenters. The Balaban J connectivity index is 1.89. The number of nitrogens with one attached hydrogen (secondary N) is 1. The van der Waals surface area contributed by atoms with Gasteiger partial charge in [-0.2, -0.15) is 5.26 Å². The minimum absolute atomic E-state index is 0.144. The highest BCUT2D eigenvalue weighted by molar-refractivity contribution is 5.86. The van der Waals surface area contributed by atoms with E-state index in [4.69, 9.17) is 10.00 Å². The molecule has 2 aliphatic rings. The normalized spacial score (nSPS) is 34.9. The van der Waals surface area contributed by atoms with E-state index >= 15 is 0 Å². The molecule has 0 spiro atoms. The van der Waals surface area contributed by atoms with E-state index in [0.717, 1.165) is 0 Å². The predicted molar refractivity (Wildman–Crippen MR) is 57.0 cm³/mol. The summed E-state index contributed by atoms with van der Waals surface area (Å²) in [6.07, 6.45) is 1.36. The molecule has 0 radical (unpaired) electrons. The number of ether oxygens (including phenoxy) is 1. The SMILES string of the molecule is CC1CC(C#N)(C(=O)NN2CCOCC2)C1. The molecule has 1 saturated carbocycles. The molecular formula is C11H17N3O2. The van der Waals surface area contributed by atoms with E-state index < -0.39 is 5.41 Å². The van der Waals surface area contributed by atoms with Crippen molar-refractivity contribution >= 4 is 5.91 Å². The van der Waals surface area contributed by atoms with Crippen molar-refractivity contribution in [1.82, 2.24) is 10.4 Å². The third kappa shape index (κ3) is 2.04. The first-order valence-corrected chi connectivity index (χ1v) is 5.71. The van der Waals surface area contributed by atoms with Crippen LogP contribution in [0.2, 0.25) is 0 Å². The highest BCUT2D eigenvalue weighted by Crippen LogP contribution is 2.45. The van der Waals surface area contributed by atoms with Crippen LogP contribution < -0.4 is 5.43 Å². The lowest BCUT2D eigenvalue weighted by atomic mass is 9.63. The fourth-order valence-corrected chi connectivity index (χ4v) is 2.38. The van der Waals surface area contributed by atoms with Gasteiger partial charge in [-0.05, 0) is 18.8 Å². The van der Waals surface area contributed by atoms with Crippen molar-refractivity contribution in [1.29, 1.82) is 5.26 Å². The third-order valence-electron chi connectivity index (χ3n) is 3.31. The molecule has 0 aromatic rings. The molecule has 1 aliphatic heterocycles. The van der Waals surface area contributed by atoms with E-state index in [1.807, 2.05) is 5.01 Å². The number of hydrazine groups is 1. The summed E-state index contributed by atoms with van der Waals surface area (Å²) in [6.45, 7) is 4.73. The number of hydrogen-bond acceptors (Lipinski definition) is 4. The van der Waals surface area contributed by atoms with Crippen LogP contribution in [0.25, 0.3) is 0 Å². The van der Waals surface area contributed by atoms with Crippen molar-refractivity contribution < 1.29 is 9.53 Å². The first kappa shape index (κ1) is 11.4. The maximum Gasteiger partial charge on any atom is 0.254 e. The average molecular weight is 223 g/mol. The van der Waals surface area contributed by atoms with E-state index in [-0.39, 0.29) is 5.91 Å². The van der Waals surface area contributed by atoms with E-state index in [1.54, 1.807) is 0 Å². The molecular weight excluding hydrogens is 206 g/mol. The molecule has 88 valence electrons. The van der Waals surface area contributed by atoms with Crippen LogP contribution in [0.3, 0.4) is 0 Å². The lowest BCUT2D eigenvalue weighted by molar-refractivity contribution is -0.141. The Bertz CT molecular complexity index is 312. The zero-order chi connectivity index (χ0) is 11.6. The molecule has 2 rings (SSSR count). The number of hydrogen-bond donors (Lipinski definition) is 1. The molecule has 0 aromatic heterocycles. The van der Waals surface area contributed by atoms with E-state index in [9.17, 15) is 4.79 Å². The predicted octanol–water partition coefficient (Wildman–Crippen LogP) is 0.290. The summed E-state index contributed by atoms with van der Waals surface area (Å²) in [6, 6.07) is 2.16. The lowest BCUT2D eigenvalue weighted by Gasteiger charge is -2.40. The van der Waals surface area contributed by atoms with Gasteiger partial charge < -0.3 is 4.74 Å². The van der Waals surface area contributed by atoms with Gasteiger partial charge in [-0.1, -0.05) is 6.92 Å². The second-order valence-electron chi connectivity index (χ2n) is 4.75. The number of rotatable bonds is 2. The lowest BCUT2D eigenvalue weighted by Crippen LogP contribution is -2.56. The first-order chi connectivity index (χ1) is 7.66. The van der Waals surface area contributed by atoms with E-state index in [0.29, 0.717) is 45.1 Å². The van der Waals surface area contributed by atoms with Gasteiger partial charge >= 0.3 is 0 Å². The van der Waals surface area contributed by atoms with Crippen molar-refractivity contribution in [3.63, 3.8) is 0 Å². The Kier molecular flexibility index (Phi) is 3.13. The highest BCUT2D eigenvalue weighted by Gasteiger charge is 2.49. The van der Waals surface area contributed by atoms with Gasteiger partial charge in [0.05, 0.1) is 19.3 Å². The average Bonchev–Trinajstić information content (AvgIpc) is 2.25. The van der Waals surface area contributed by atoms with Crippen LogP contribution in [0.4, 0.5) is 0 Å². The number of nitrogens with zero attached hydrogens (tertiary/aromatic N) is 2. The van der Waals surface area contributed by atoms with E-state index in [2.05, 4.69) is 18.4 Å². The van der Waals surface area contributed by atoms with Crippen molar-refractivity contribution in [3.8, 4) is 6.07 Å². The Morgan fingerprint density at radius 2 is 2.12 bits per heavy atom. The summed E-state index contributed by atoms with van der Waals surface area (Å²) in [5.41, 5.74) is 2.04. The van der Waals surface area contributed by atoms with Gasteiger partial charge in [0, 0.05) is 13.1 Å². The summed E-state index contributed by atoms with van der Waals surface area (Å²) in [7, 11) is 0. The molecule has 0 atom stereocenters. The molecule has 0 bridgehead atoms. The molecule has 5 heteroatoms. The standard InChI is InChI=1S/C11H17N3O2/c1-9-6-11(7-9,8-12)10(15)13-14-2-4-16-5-3-14/h9H,2-7H2,1H3,(H,13,15). The largest absolute Gasteiger partial charge is 0.379 e. The van der Waals surface area contributed by atoms with Gasteiger partial charge in [0.25, 0.3) is 5.91 Å². The summed E-state index contributed by atoms with van der Waals surface area (Å²) < 4.78 is 5.19. The Morgan fingerprint density at radius 1 is 1.50 bits per heavy atom. The zero-order valence-corrected chi connectivity index (χ0v) is 9.53. The fourth-order valence-electron chi connectivity index (χ4n) is 2.38. The Labute approximate surface area is 95.3 Å². The summed E-state index contributed by atoms with van der Waals surface area (Å²) in [5, 5.41) is 10.9. The minimum atomic E-state index is -0.780. The van der Waals surface area contributed by atoms with Crippen molar-refractivity contribution in [3.05, 3.63) is 0 Å². The first-order valence-electron chi connectivity index (χ1n) is 5.71. The number of amides is 1. The number of morpholine rings is 1. The summed E-state index contributed by atoms with van der Waals surface area (Å²) in [4.78, 5) is 12.0. The topological polar surface area (TPSA) is 65.4 Å². The van der Waals surface area contributed by atoms with Crippen LogP contribution in [0.5, 0.6) is 0 Å². The second kappa shape index (κ2) is 4.40. The van der Waals surface area contributed by atoms with Crippen LogP contribution in [0.15, 0.2) is 0 Å². The van der Waals surface area contributed by atoms with Gasteiger partial charge in [-0.15, -0.1) is 0 Å². The molecule has 1 amide bonds. The zero-order valence-electron chi connectivity index (χ0n) is 9.53. The van der Waals surface area contributed by atoms with Crippen LogP contribution in [0, 0.1) is 22.7 Å². The Hall–Kier alpha value is -1.12. The molecule has 1 saturated heterocycles. The summed E-state index contributed by atoms with van der Waals surface area (Å²) in [5.74, 6) is 0.338. The van der Waals surface area contributed by atoms with Crippen LogP contribution in [-0.2, 0) is 9.53 Å². The van der Waals surface area contributed by atoms with E-state index in [1.165, 1.54) is 0 Å². The minimum Gasteiger partial charge on any atom is -0.379 e. The van der Waals surface area contributed by atoms with Crippen LogP contribution >= 0.6 is 0 Å². The molecule has 1 aliphatic carbocycles. The van der Waals surface area contributed by atoms with Crippen molar-refractivity contribution in [2.45, 2.75) is 19.8 Å². The van der Waals surface area contributed by atoms with Gasteiger partial charge in [0.1, 0.15) is 5.41 Å². The summed E-state index contributed by atoms with van der Waals surface area (Å²) >= 11 is 0. The molecule has 0 aromatic carbocycles. The molecule has 1 heterocycles. The number of carbonyl (C=O) groups is 1. The van der Waals surface area contributed by atoms with Gasteiger partial charge in [-0.3, -0.25) is 10.2 Å². The van der Waals surface area contributed by atoms with Gasteiger partial charge in [0.15, 0.2) is 0 Å². The highest BCUT2D eigenvalue weighted by atomic mass is 16.5. The van der Waals surface area contributed by atoms with Crippen molar-refractivity contribution in [2.24, 2.45) is 11.3 Å². The number of nitriles is 1. The molecule has 2 fully saturated rings. The quantitative estimate of drug-likeness (QED) is 0.730. The maximum atomic E-state index is 12.0. The Morgan fingerprint density at radius 3 is 2.62 bits per heavy atom. The fraction of sp³-hybridized carbons (Fsp3) is 0.818. The molecule has 5 nitrogen and oxygen atoms in total. The second-order valence-corrected chi connectivity index (χ2v) is 4.75.